The van der Waals surface area contributed by atoms with Crippen LogP contribution in [0.4, 0.5) is 5.69 Å². The topological polar surface area (TPSA) is 96.8 Å². The molecule has 1 aromatic heterocycles. The van der Waals surface area contributed by atoms with Gasteiger partial charge in [-0.25, -0.2) is 13.4 Å². The summed E-state index contributed by atoms with van der Waals surface area (Å²) in [5.74, 6) is 0.0317. The maximum Gasteiger partial charge on any atom is 0.210 e. The molecule has 0 bridgehead atoms. The van der Waals surface area contributed by atoms with Gasteiger partial charge < -0.3 is 5.73 Å². The van der Waals surface area contributed by atoms with E-state index in [1.54, 1.807) is 18.2 Å². The first kappa shape index (κ1) is 13.8. The second-order valence-corrected chi connectivity index (χ2v) is 7.45. The van der Waals surface area contributed by atoms with Crippen LogP contribution in [0.3, 0.4) is 0 Å². The summed E-state index contributed by atoms with van der Waals surface area (Å²) in [6.45, 7) is 0. The first-order valence-corrected chi connectivity index (χ1v) is 8.25. The molecule has 100 valence electrons. The minimum Gasteiger partial charge on any atom is -0.399 e. The van der Waals surface area contributed by atoms with Crippen LogP contribution >= 0.6 is 11.3 Å². The van der Waals surface area contributed by atoms with Crippen molar-refractivity contribution in [1.29, 1.82) is 5.26 Å². The predicted octanol–water partition coefficient (Wildman–Crippen LogP) is 2.35. The lowest BCUT2D eigenvalue weighted by Crippen LogP contribution is -2.06. The molecule has 0 unspecified atom stereocenters. The molecular formula is C12H13N3O2S2. The lowest BCUT2D eigenvalue weighted by molar-refractivity contribution is 0.591. The summed E-state index contributed by atoms with van der Waals surface area (Å²) in [6, 6.07) is 7.14. The first-order chi connectivity index (χ1) is 9.03. The SMILES string of the molecule is N#CCCCCS(=O)(=O)c1nc2ccc(N)cc2s1. The minimum atomic E-state index is -3.36. The van der Waals surface area contributed by atoms with Crippen LogP contribution in [0.5, 0.6) is 0 Å². The number of benzene rings is 1. The molecule has 0 saturated carbocycles. The van der Waals surface area contributed by atoms with Crippen LogP contribution in [0.25, 0.3) is 10.2 Å². The van der Waals surface area contributed by atoms with Crippen molar-refractivity contribution < 1.29 is 8.42 Å². The fourth-order valence-electron chi connectivity index (χ4n) is 1.64. The molecule has 0 spiro atoms. The van der Waals surface area contributed by atoms with E-state index in [9.17, 15) is 8.42 Å². The lowest BCUT2D eigenvalue weighted by atomic mass is 10.3. The standard InChI is InChI=1S/C12H13N3O2S2/c13-6-2-1-3-7-19(16,17)12-15-10-5-4-9(14)8-11(10)18-12/h4-5,8H,1-3,7,14H2. The van der Waals surface area contributed by atoms with E-state index < -0.39 is 9.84 Å². The van der Waals surface area contributed by atoms with Gasteiger partial charge in [0.25, 0.3) is 0 Å². The number of fused-ring (bicyclic) bond motifs is 1. The normalized spacial score (nSPS) is 11.5. The van der Waals surface area contributed by atoms with Gasteiger partial charge >= 0.3 is 0 Å². The molecule has 5 nitrogen and oxygen atoms in total. The van der Waals surface area contributed by atoms with Gasteiger partial charge in [0.15, 0.2) is 0 Å². The number of nitriles is 1. The van der Waals surface area contributed by atoms with Crippen molar-refractivity contribution in [1.82, 2.24) is 4.98 Å². The number of unbranched alkanes of at least 4 members (excludes halogenated alkanes) is 2. The first-order valence-electron chi connectivity index (χ1n) is 5.79. The summed E-state index contributed by atoms with van der Waals surface area (Å²) in [4.78, 5) is 4.13. The molecule has 0 fully saturated rings. The smallest absolute Gasteiger partial charge is 0.210 e. The molecule has 7 heteroatoms. The molecule has 0 radical (unpaired) electrons. The molecule has 0 aliphatic rings. The molecule has 2 rings (SSSR count). The number of anilines is 1. The van der Waals surface area contributed by atoms with Crippen molar-refractivity contribution in [2.75, 3.05) is 11.5 Å². The van der Waals surface area contributed by atoms with Crippen molar-refractivity contribution in [3.05, 3.63) is 18.2 Å². The van der Waals surface area contributed by atoms with Crippen molar-refractivity contribution >= 4 is 37.1 Å². The number of sulfone groups is 1. The number of rotatable bonds is 5. The minimum absolute atomic E-state index is 0.0317. The van der Waals surface area contributed by atoms with Gasteiger partial charge in [0.1, 0.15) is 0 Å². The Morgan fingerprint density at radius 3 is 2.89 bits per heavy atom. The van der Waals surface area contributed by atoms with Crippen LogP contribution in [0, 0.1) is 11.3 Å². The highest BCUT2D eigenvalue weighted by molar-refractivity contribution is 7.93. The molecule has 0 aliphatic heterocycles. The van der Waals surface area contributed by atoms with E-state index in [1.165, 1.54) is 0 Å². The number of nitrogen functional groups attached to an aromatic ring is 1. The van der Waals surface area contributed by atoms with E-state index in [2.05, 4.69) is 4.98 Å². The van der Waals surface area contributed by atoms with Crippen LogP contribution in [0.15, 0.2) is 22.5 Å². The van der Waals surface area contributed by atoms with E-state index in [4.69, 9.17) is 11.0 Å². The fourth-order valence-corrected chi connectivity index (χ4v) is 4.41. The predicted molar refractivity (Wildman–Crippen MR) is 75.5 cm³/mol. The number of nitrogens with two attached hydrogens (primary N) is 1. The molecule has 0 saturated heterocycles. The molecule has 2 aromatic rings. The Balaban J connectivity index is 2.21. The summed E-state index contributed by atoms with van der Waals surface area (Å²) >= 11 is 1.14. The van der Waals surface area contributed by atoms with Crippen LogP contribution < -0.4 is 5.73 Å². The number of aromatic nitrogens is 1. The van der Waals surface area contributed by atoms with Gasteiger partial charge in [-0.3, -0.25) is 0 Å². The van der Waals surface area contributed by atoms with Crippen LogP contribution in [0.2, 0.25) is 0 Å². The third kappa shape index (κ3) is 3.22. The van der Waals surface area contributed by atoms with E-state index in [-0.39, 0.29) is 10.1 Å². The number of thiazole rings is 1. The van der Waals surface area contributed by atoms with Gasteiger partial charge in [-0.05, 0) is 31.0 Å². The maximum absolute atomic E-state index is 12.1. The van der Waals surface area contributed by atoms with Gasteiger partial charge in [-0.15, -0.1) is 11.3 Å². The van der Waals surface area contributed by atoms with Crippen molar-refractivity contribution in [3.8, 4) is 6.07 Å². The number of hydrogen-bond donors (Lipinski definition) is 1. The Kier molecular flexibility index (Phi) is 4.02. The third-order valence-corrected chi connectivity index (χ3v) is 5.88. The van der Waals surface area contributed by atoms with Gasteiger partial charge in [0, 0.05) is 12.1 Å². The molecule has 1 heterocycles. The summed E-state index contributed by atoms with van der Waals surface area (Å²) in [7, 11) is -3.36. The van der Waals surface area contributed by atoms with Crippen molar-refractivity contribution in [2.24, 2.45) is 0 Å². The quantitative estimate of drug-likeness (QED) is 0.674. The van der Waals surface area contributed by atoms with Crippen LogP contribution in [0.1, 0.15) is 19.3 Å². The Morgan fingerprint density at radius 1 is 1.37 bits per heavy atom. The fraction of sp³-hybridized carbons (Fsp3) is 0.333. The van der Waals surface area contributed by atoms with Gasteiger partial charge in [0.05, 0.1) is 22.0 Å². The van der Waals surface area contributed by atoms with E-state index in [0.717, 1.165) is 16.0 Å². The largest absolute Gasteiger partial charge is 0.399 e. The highest BCUT2D eigenvalue weighted by Crippen LogP contribution is 2.28. The second-order valence-electron chi connectivity index (χ2n) is 4.14. The van der Waals surface area contributed by atoms with Gasteiger partial charge in [0.2, 0.25) is 14.2 Å². The zero-order chi connectivity index (χ0) is 13.9. The average Bonchev–Trinajstić information content (AvgIpc) is 2.78. The van der Waals surface area contributed by atoms with Crippen molar-refractivity contribution in [2.45, 2.75) is 23.6 Å². The lowest BCUT2D eigenvalue weighted by Gasteiger charge is -1.98. The summed E-state index contributed by atoms with van der Waals surface area (Å²) in [5.41, 5.74) is 6.89. The molecule has 19 heavy (non-hydrogen) atoms. The average molecular weight is 295 g/mol. The second kappa shape index (κ2) is 5.55. The van der Waals surface area contributed by atoms with E-state index in [1.807, 2.05) is 6.07 Å². The van der Waals surface area contributed by atoms with E-state index in [0.29, 0.717) is 30.5 Å². The highest BCUT2D eigenvalue weighted by atomic mass is 32.2. The molecule has 2 N–H and O–H groups in total. The Labute approximate surface area is 115 Å². The molecule has 0 amide bonds. The summed E-state index contributed by atoms with van der Waals surface area (Å²) in [5, 5.41) is 8.41. The highest BCUT2D eigenvalue weighted by Gasteiger charge is 2.19. The van der Waals surface area contributed by atoms with Gasteiger partial charge in [-0.1, -0.05) is 0 Å². The third-order valence-electron chi connectivity index (χ3n) is 2.61. The molecule has 1 aromatic carbocycles. The maximum atomic E-state index is 12.1. The molecule has 0 aliphatic carbocycles. The zero-order valence-corrected chi connectivity index (χ0v) is 11.8. The number of nitrogens with zero attached hydrogens (tertiary/aromatic N) is 2. The molecule has 0 atom stereocenters. The Hall–Kier alpha value is -1.65. The molecular weight excluding hydrogens is 282 g/mol. The Bertz CT molecular complexity index is 729. The monoisotopic (exact) mass is 295 g/mol. The van der Waals surface area contributed by atoms with E-state index >= 15 is 0 Å². The van der Waals surface area contributed by atoms with Crippen LogP contribution in [-0.2, 0) is 9.84 Å². The zero-order valence-electron chi connectivity index (χ0n) is 10.2. The van der Waals surface area contributed by atoms with Crippen molar-refractivity contribution in [3.63, 3.8) is 0 Å². The summed E-state index contributed by atoms with van der Waals surface area (Å²) in [6.07, 6.45) is 1.45. The van der Waals surface area contributed by atoms with Crippen LogP contribution in [-0.4, -0.2) is 19.2 Å². The summed E-state index contributed by atoms with van der Waals surface area (Å²) < 4.78 is 25.1. The van der Waals surface area contributed by atoms with Gasteiger partial charge in [-0.2, -0.15) is 5.26 Å². The Morgan fingerprint density at radius 2 is 2.16 bits per heavy atom. The number of hydrogen-bond acceptors (Lipinski definition) is 6.